The standard InChI is InChI=1S/C9H13N5O2S/c1-2-6(5-10)11-7-8(14(15)16)13-3-4-17-9(13)12-7/h3-4,6,11H,2,5,10H2,1H3. The third kappa shape index (κ3) is 2.08. The molecule has 8 heteroatoms. The van der Waals surface area contributed by atoms with Crippen molar-refractivity contribution in [3.05, 3.63) is 21.7 Å². The van der Waals surface area contributed by atoms with E-state index in [9.17, 15) is 10.1 Å². The zero-order valence-corrected chi connectivity index (χ0v) is 10.1. The molecular weight excluding hydrogens is 242 g/mol. The second-order valence-electron chi connectivity index (χ2n) is 3.58. The van der Waals surface area contributed by atoms with Crippen molar-refractivity contribution < 1.29 is 4.92 Å². The van der Waals surface area contributed by atoms with Crippen LogP contribution in [0.25, 0.3) is 4.96 Å². The number of nitrogens with one attached hydrogen (secondary N) is 1. The lowest BCUT2D eigenvalue weighted by molar-refractivity contribution is -0.389. The highest BCUT2D eigenvalue weighted by Gasteiger charge is 2.24. The van der Waals surface area contributed by atoms with Crippen molar-refractivity contribution in [1.29, 1.82) is 0 Å². The molecule has 17 heavy (non-hydrogen) atoms. The first-order chi connectivity index (χ1) is 8.17. The van der Waals surface area contributed by atoms with Gasteiger partial charge in [0.05, 0.1) is 0 Å². The number of hydrogen-bond donors (Lipinski definition) is 2. The maximum Gasteiger partial charge on any atom is 0.372 e. The maximum absolute atomic E-state index is 11.0. The molecule has 92 valence electrons. The van der Waals surface area contributed by atoms with Crippen LogP contribution in [0.2, 0.25) is 0 Å². The Balaban J connectivity index is 2.41. The van der Waals surface area contributed by atoms with Crippen molar-refractivity contribution in [3.63, 3.8) is 0 Å². The van der Waals surface area contributed by atoms with Crippen molar-refractivity contribution in [1.82, 2.24) is 9.38 Å². The summed E-state index contributed by atoms with van der Waals surface area (Å²) in [6.45, 7) is 2.38. The molecule has 0 saturated carbocycles. The van der Waals surface area contributed by atoms with E-state index >= 15 is 0 Å². The average Bonchev–Trinajstić information content (AvgIpc) is 2.84. The lowest BCUT2D eigenvalue weighted by Crippen LogP contribution is -2.28. The van der Waals surface area contributed by atoms with Crippen molar-refractivity contribution in [2.75, 3.05) is 11.9 Å². The first kappa shape index (κ1) is 11.8. The van der Waals surface area contributed by atoms with Crippen LogP contribution in [-0.2, 0) is 0 Å². The van der Waals surface area contributed by atoms with Gasteiger partial charge in [0, 0.05) is 18.0 Å². The monoisotopic (exact) mass is 255 g/mol. The number of imidazole rings is 1. The van der Waals surface area contributed by atoms with Crippen molar-refractivity contribution in [3.8, 4) is 0 Å². The molecule has 0 aromatic carbocycles. The lowest BCUT2D eigenvalue weighted by atomic mass is 10.2. The summed E-state index contributed by atoms with van der Waals surface area (Å²) in [5, 5.41) is 15.8. The fourth-order valence-electron chi connectivity index (χ4n) is 1.57. The number of fused-ring (bicyclic) bond motifs is 1. The number of nitro groups is 1. The molecule has 2 heterocycles. The molecule has 0 radical (unpaired) electrons. The number of aromatic nitrogens is 2. The SMILES string of the molecule is CCC(CN)Nc1nc2sccn2c1[N+](=O)[O-]. The molecule has 3 N–H and O–H groups in total. The van der Waals surface area contributed by atoms with Gasteiger partial charge in [-0.15, -0.1) is 0 Å². The molecule has 0 spiro atoms. The summed E-state index contributed by atoms with van der Waals surface area (Å²) >= 11 is 1.36. The number of nitrogens with two attached hydrogens (primary N) is 1. The molecule has 0 aliphatic carbocycles. The van der Waals surface area contributed by atoms with E-state index in [0.29, 0.717) is 17.3 Å². The largest absolute Gasteiger partial charge is 0.372 e. The fraction of sp³-hybridized carbons (Fsp3) is 0.444. The summed E-state index contributed by atoms with van der Waals surface area (Å²) < 4.78 is 1.47. The molecule has 0 bridgehead atoms. The highest BCUT2D eigenvalue weighted by atomic mass is 32.1. The van der Waals surface area contributed by atoms with Gasteiger partial charge in [0.1, 0.15) is 6.20 Å². The second kappa shape index (κ2) is 4.68. The Morgan fingerprint density at radius 1 is 1.76 bits per heavy atom. The second-order valence-corrected chi connectivity index (χ2v) is 4.45. The van der Waals surface area contributed by atoms with Gasteiger partial charge in [-0.1, -0.05) is 18.3 Å². The Labute approximate surface area is 101 Å². The van der Waals surface area contributed by atoms with Gasteiger partial charge in [0.15, 0.2) is 0 Å². The van der Waals surface area contributed by atoms with Crippen LogP contribution in [-0.4, -0.2) is 26.9 Å². The van der Waals surface area contributed by atoms with Crippen LogP contribution in [0.15, 0.2) is 11.6 Å². The molecule has 0 aliphatic rings. The van der Waals surface area contributed by atoms with E-state index in [1.807, 2.05) is 6.92 Å². The van der Waals surface area contributed by atoms with E-state index in [0.717, 1.165) is 6.42 Å². The molecule has 1 atom stereocenters. The summed E-state index contributed by atoms with van der Waals surface area (Å²) in [6, 6.07) is -0.00157. The third-order valence-corrected chi connectivity index (χ3v) is 3.28. The topological polar surface area (TPSA) is 98.5 Å². The van der Waals surface area contributed by atoms with Crippen LogP contribution in [0.4, 0.5) is 11.6 Å². The molecule has 0 saturated heterocycles. The van der Waals surface area contributed by atoms with E-state index in [1.54, 1.807) is 11.6 Å². The minimum absolute atomic E-state index is 0.00157. The Kier molecular flexibility index (Phi) is 3.25. The Bertz CT molecular complexity index is 530. The molecule has 0 amide bonds. The molecule has 2 aromatic heterocycles. The van der Waals surface area contributed by atoms with Gasteiger partial charge in [-0.2, -0.15) is 9.38 Å². The Morgan fingerprint density at radius 2 is 2.53 bits per heavy atom. The molecule has 2 rings (SSSR count). The van der Waals surface area contributed by atoms with Crippen molar-refractivity contribution >= 4 is 27.9 Å². The molecule has 0 fully saturated rings. The van der Waals surface area contributed by atoms with Gasteiger partial charge < -0.3 is 21.2 Å². The molecule has 1 unspecified atom stereocenters. The van der Waals surface area contributed by atoms with Crippen LogP contribution in [0.1, 0.15) is 13.3 Å². The smallest absolute Gasteiger partial charge is 0.359 e. The Hall–Kier alpha value is -1.67. The average molecular weight is 255 g/mol. The van der Waals surface area contributed by atoms with Crippen LogP contribution in [0.5, 0.6) is 0 Å². The van der Waals surface area contributed by atoms with Crippen LogP contribution >= 0.6 is 11.3 Å². The van der Waals surface area contributed by atoms with Gasteiger partial charge in [-0.05, 0) is 11.3 Å². The first-order valence-corrected chi connectivity index (χ1v) is 6.11. The van der Waals surface area contributed by atoms with Gasteiger partial charge in [-0.3, -0.25) is 0 Å². The minimum atomic E-state index is -0.432. The minimum Gasteiger partial charge on any atom is -0.359 e. The normalized spacial score (nSPS) is 12.8. The lowest BCUT2D eigenvalue weighted by Gasteiger charge is -2.13. The molecule has 7 nitrogen and oxygen atoms in total. The fourth-order valence-corrected chi connectivity index (χ4v) is 2.28. The summed E-state index contributed by atoms with van der Waals surface area (Å²) in [4.78, 5) is 15.4. The third-order valence-electron chi connectivity index (χ3n) is 2.53. The zero-order valence-electron chi connectivity index (χ0n) is 9.29. The number of hydrogen-bond acceptors (Lipinski definition) is 6. The van der Waals surface area contributed by atoms with Crippen molar-refractivity contribution in [2.45, 2.75) is 19.4 Å². The van der Waals surface area contributed by atoms with Crippen LogP contribution in [0, 0.1) is 10.1 Å². The van der Waals surface area contributed by atoms with Crippen LogP contribution < -0.4 is 11.1 Å². The molecular formula is C9H13N5O2S. The predicted molar refractivity (Wildman–Crippen MR) is 66.5 cm³/mol. The Morgan fingerprint density at radius 3 is 3.12 bits per heavy atom. The van der Waals surface area contributed by atoms with Crippen LogP contribution in [0.3, 0.4) is 0 Å². The number of nitrogens with zero attached hydrogens (tertiary/aromatic N) is 3. The molecule has 0 aliphatic heterocycles. The highest BCUT2D eigenvalue weighted by Crippen LogP contribution is 2.28. The first-order valence-electron chi connectivity index (χ1n) is 5.24. The van der Waals surface area contributed by atoms with Gasteiger partial charge in [-0.25, -0.2) is 0 Å². The summed E-state index contributed by atoms with van der Waals surface area (Å²) in [7, 11) is 0. The highest BCUT2D eigenvalue weighted by molar-refractivity contribution is 7.15. The van der Waals surface area contributed by atoms with E-state index in [-0.39, 0.29) is 11.9 Å². The molecule has 2 aromatic rings. The van der Waals surface area contributed by atoms with E-state index in [2.05, 4.69) is 10.3 Å². The number of anilines is 1. The van der Waals surface area contributed by atoms with E-state index in [4.69, 9.17) is 5.73 Å². The van der Waals surface area contributed by atoms with E-state index in [1.165, 1.54) is 15.7 Å². The maximum atomic E-state index is 11.0. The summed E-state index contributed by atoms with van der Waals surface area (Å²) in [5.41, 5.74) is 5.56. The number of rotatable bonds is 5. The van der Waals surface area contributed by atoms with Gasteiger partial charge >= 0.3 is 5.82 Å². The van der Waals surface area contributed by atoms with Gasteiger partial charge in [0.25, 0.3) is 4.96 Å². The quantitative estimate of drug-likeness (QED) is 0.622. The number of thiazole rings is 1. The van der Waals surface area contributed by atoms with Gasteiger partial charge in [0.2, 0.25) is 5.82 Å². The summed E-state index contributed by atoms with van der Waals surface area (Å²) in [6.07, 6.45) is 2.43. The predicted octanol–water partition coefficient (Wildman–Crippen LogP) is 1.45. The van der Waals surface area contributed by atoms with E-state index < -0.39 is 4.92 Å². The zero-order chi connectivity index (χ0) is 12.4. The van der Waals surface area contributed by atoms with Crippen molar-refractivity contribution in [2.24, 2.45) is 5.73 Å². The summed E-state index contributed by atoms with van der Waals surface area (Å²) in [5.74, 6) is 0.257.